The van der Waals surface area contributed by atoms with Crippen LogP contribution in [0.15, 0.2) is 22.6 Å². The topological polar surface area (TPSA) is 37.3 Å². The van der Waals surface area contributed by atoms with Crippen LogP contribution in [0.4, 0.5) is 13.2 Å². The van der Waals surface area contributed by atoms with Crippen molar-refractivity contribution in [2.24, 2.45) is 0 Å². The Morgan fingerprint density at radius 1 is 1.42 bits per heavy atom. The molecule has 0 aromatic heterocycles. The van der Waals surface area contributed by atoms with Crippen molar-refractivity contribution in [1.82, 2.24) is 0 Å². The summed E-state index contributed by atoms with van der Waals surface area (Å²) in [5.41, 5.74) is 0.379. The van der Waals surface area contributed by atoms with Gasteiger partial charge in [0.05, 0.1) is 5.57 Å². The number of carbonyl (C=O) groups is 1. The van der Waals surface area contributed by atoms with Crippen molar-refractivity contribution in [2.45, 2.75) is 23.2 Å². The molecule has 1 N–H and O–H groups in total. The maximum atomic E-state index is 12.9. The van der Waals surface area contributed by atoms with Gasteiger partial charge in [0, 0.05) is 9.92 Å². The second-order valence-corrected chi connectivity index (χ2v) is 5.64. The van der Waals surface area contributed by atoms with Crippen molar-refractivity contribution >= 4 is 35.4 Å². The zero-order valence-electron chi connectivity index (χ0n) is 9.58. The van der Waals surface area contributed by atoms with Crippen LogP contribution in [0.2, 0.25) is 5.02 Å². The zero-order chi connectivity index (χ0) is 14.4. The van der Waals surface area contributed by atoms with E-state index in [9.17, 15) is 18.0 Å². The van der Waals surface area contributed by atoms with Gasteiger partial charge in [-0.1, -0.05) is 11.6 Å². The van der Waals surface area contributed by atoms with Crippen molar-refractivity contribution in [3.05, 3.63) is 33.9 Å². The molecule has 0 spiro atoms. The Bertz CT molecular complexity index is 581. The summed E-state index contributed by atoms with van der Waals surface area (Å²) in [6.07, 6.45) is -3.57. The van der Waals surface area contributed by atoms with E-state index in [4.69, 9.17) is 16.7 Å². The van der Waals surface area contributed by atoms with Crippen LogP contribution in [-0.4, -0.2) is 22.5 Å². The van der Waals surface area contributed by atoms with Gasteiger partial charge in [-0.3, -0.25) is 0 Å². The number of benzene rings is 1. The van der Waals surface area contributed by atoms with Gasteiger partial charge in [0.15, 0.2) is 0 Å². The molecular weight excluding hydrogens is 301 g/mol. The maximum Gasteiger partial charge on any atom is 0.405 e. The summed E-state index contributed by atoms with van der Waals surface area (Å²) < 4.78 is 38.6. The highest BCUT2D eigenvalue weighted by Gasteiger charge is 2.46. The number of rotatable bonds is 1. The Balaban J connectivity index is 2.57. The quantitative estimate of drug-likeness (QED) is 0.846. The molecule has 1 atom stereocenters. The third kappa shape index (κ3) is 2.74. The Labute approximate surface area is 116 Å². The van der Waals surface area contributed by atoms with Crippen molar-refractivity contribution in [3.63, 3.8) is 0 Å². The molecule has 1 aliphatic heterocycles. The number of thioether (sulfide) groups is 1. The molecule has 0 saturated heterocycles. The van der Waals surface area contributed by atoms with E-state index in [1.807, 2.05) is 0 Å². The molecular formula is C12H8ClF3O2S. The fourth-order valence-corrected chi connectivity index (χ4v) is 3.09. The van der Waals surface area contributed by atoms with Crippen LogP contribution in [0.5, 0.6) is 0 Å². The first kappa shape index (κ1) is 14.3. The Kier molecular flexibility index (Phi) is 3.57. The van der Waals surface area contributed by atoms with Gasteiger partial charge >= 0.3 is 12.1 Å². The van der Waals surface area contributed by atoms with Crippen LogP contribution in [0, 0.1) is 6.92 Å². The van der Waals surface area contributed by atoms with Crippen LogP contribution in [0.3, 0.4) is 0 Å². The summed E-state index contributed by atoms with van der Waals surface area (Å²) in [5, 5.41) is 7.24. The standard InChI is InChI=1S/C12H8ClF3O2S/c1-5-2-9-6(4-8(5)13)3-7(11(17)18)10(19-9)12(14,15)16/h2-4,10H,1H3,(H,17,18)/t10-/m0/s1. The number of fused-ring (bicyclic) bond motifs is 1. The van der Waals surface area contributed by atoms with Crippen molar-refractivity contribution in [1.29, 1.82) is 0 Å². The smallest absolute Gasteiger partial charge is 0.405 e. The third-order valence-electron chi connectivity index (χ3n) is 2.67. The molecule has 2 rings (SSSR count). The van der Waals surface area contributed by atoms with Gasteiger partial charge in [0.25, 0.3) is 0 Å². The van der Waals surface area contributed by atoms with Crippen LogP contribution < -0.4 is 0 Å². The number of alkyl halides is 3. The molecule has 0 bridgehead atoms. The first-order chi connectivity index (χ1) is 8.70. The van der Waals surface area contributed by atoms with Crippen LogP contribution in [0.25, 0.3) is 6.08 Å². The molecule has 1 aliphatic rings. The monoisotopic (exact) mass is 308 g/mol. The molecule has 102 valence electrons. The fraction of sp³-hybridized carbons (Fsp3) is 0.250. The van der Waals surface area contributed by atoms with E-state index in [0.717, 1.165) is 6.08 Å². The lowest BCUT2D eigenvalue weighted by atomic mass is 10.1. The summed E-state index contributed by atoms with van der Waals surface area (Å²) >= 11 is 6.38. The largest absolute Gasteiger partial charge is 0.478 e. The number of halogens is 4. The molecule has 0 aliphatic carbocycles. The van der Waals surface area contributed by atoms with Gasteiger partial charge in [0.1, 0.15) is 5.25 Å². The van der Waals surface area contributed by atoms with E-state index < -0.39 is 23.0 Å². The van der Waals surface area contributed by atoms with Crippen LogP contribution in [-0.2, 0) is 4.79 Å². The highest BCUT2D eigenvalue weighted by atomic mass is 35.5. The number of carboxylic acid groups (broad SMARTS) is 1. The number of hydrogen-bond acceptors (Lipinski definition) is 2. The summed E-state index contributed by atoms with van der Waals surface area (Å²) in [4.78, 5) is 11.3. The van der Waals surface area contributed by atoms with E-state index >= 15 is 0 Å². The molecule has 0 saturated carbocycles. The lowest BCUT2D eigenvalue weighted by molar-refractivity contribution is -0.140. The summed E-state index contributed by atoms with van der Waals surface area (Å²) in [5.74, 6) is -1.57. The highest BCUT2D eigenvalue weighted by molar-refractivity contribution is 8.00. The molecule has 19 heavy (non-hydrogen) atoms. The van der Waals surface area contributed by atoms with Crippen molar-refractivity contribution in [3.8, 4) is 0 Å². The average molecular weight is 309 g/mol. The van der Waals surface area contributed by atoms with E-state index in [1.54, 1.807) is 6.92 Å². The van der Waals surface area contributed by atoms with Crippen molar-refractivity contribution in [2.75, 3.05) is 0 Å². The molecule has 1 aromatic rings. The predicted octanol–water partition coefficient (Wildman–Crippen LogP) is 4.15. The lowest BCUT2D eigenvalue weighted by Gasteiger charge is -2.25. The second-order valence-electron chi connectivity index (χ2n) is 4.08. The average Bonchev–Trinajstić information content (AvgIpc) is 2.27. The van der Waals surface area contributed by atoms with Crippen LogP contribution >= 0.6 is 23.4 Å². The van der Waals surface area contributed by atoms with Gasteiger partial charge in [-0.15, -0.1) is 11.8 Å². The third-order valence-corrected chi connectivity index (χ3v) is 4.45. The number of aryl methyl sites for hydroxylation is 1. The minimum absolute atomic E-state index is 0.384. The van der Waals surface area contributed by atoms with Crippen molar-refractivity contribution < 1.29 is 23.1 Å². The minimum Gasteiger partial charge on any atom is -0.478 e. The van der Waals surface area contributed by atoms with Gasteiger partial charge in [-0.05, 0) is 36.3 Å². The SMILES string of the molecule is Cc1cc2c(cc1Cl)C=C(C(=O)O)[C@@H](C(F)(F)F)S2. The van der Waals surface area contributed by atoms with Gasteiger partial charge in [0.2, 0.25) is 0 Å². The molecule has 0 radical (unpaired) electrons. The summed E-state index contributed by atoms with van der Waals surface area (Å²) in [6, 6.07) is 3.02. The molecule has 1 aromatic carbocycles. The number of carboxylic acids is 1. The minimum atomic E-state index is -4.61. The Hall–Kier alpha value is -1.14. The molecule has 2 nitrogen and oxygen atoms in total. The summed E-state index contributed by atoms with van der Waals surface area (Å²) in [6.45, 7) is 1.68. The molecule has 0 amide bonds. The Morgan fingerprint density at radius 3 is 2.58 bits per heavy atom. The predicted molar refractivity (Wildman–Crippen MR) is 67.5 cm³/mol. The Morgan fingerprint density at radius 2 is 2.05 bits per heavy atom. The summed E-state index contributed by atoms with van der Waals surface area (Å²) in [7, 11) is 0. The number of hydrogen-bond donors (Lipinski definition) is 1. The van der Waals surface area contributed by atoms with E-state index in [2.05, 4.69) is 0 Å². The lowest BCUT2D eigenvalue weighted by Crippen LogP contribution is -2.32. The van der Waals surface area contributed by atoms with Gasteiger partial charge in [-0.2, -0.15) is 13.2 Å². The van der Waals surface area contributed by atoms with Gasteiger partial charge in [-0.25, -0.2) is 4.79 Å². The highest BCUT2D eigenvalue weighted by Crippen LogP contribution is 2.46. The zero-order valence-corrected chi connectivity index (χ0v) is 11.2. The first-order valence-corrected chi connectivity index (χ1v) is 6.44. The molecule has 0 unspecified atom stereocenters. The van der Waals surface area contributed by atoms with E-state index in [1.165, 1.54) is 12.1 Å². The normalized spacial score (nSPS) is 18.8. The van der Waals surface area contributed by atoms with Gasteiger partial charge < -0.3 is 5.11 Å². The first-order valence-electron chi connectivity index (χ1n) is 5.18. The van der Waals surface area contributed by atoms with E-state index in [0.29, 0.717) is 32.8 Å². The van der Waals surface area contributed by atoms with E-state index in [-0.39, 0.29) is 0 Å². The number of aliphatic carboxylic acids is 1. The molecule has 7 heteroatoms. The molecule has 1 heterocycles. The second kappa shape index (κ2) is 4.76. The maximum absolute atomic E-state index is 12.9. The molecule has 0 fully saturated rings. The van der Waals surface area contributed by atoms with Crippen LogP contribution in [0.1, 0.15) is 11.1 Å². The fourth-order valence-electron chi connectivity index (χ4n) is 1.74.